The van der Waals surface area contributed by atoms with Gasteiger partial charge in [-0.1, -0.05) is 47.7 Å². The highest BCUT2D eigenvalue weighted by molar-refractivity contribution is 7.22. The van der Waals surface area contributed by atoms with Crippen LogP contribution in [0.3, 0.4) is 0 Å². The number of thiazole rings is 1. The van der Waals surface area contributed by atoms with Crippen molar-refractivity contribution in [3.05, 3.63) is 125 Å². The van der Waals surface area contributed by atoms with E-state index in [1.165, 1.54) is 11.3 Å². The molecule has 2 aliphatic rings. The SMILES string of the molecule is Cc1c(OC(=O)c2ccccn2)cnn1C(c1cccc(N2CCCC2)n1)N1CCc2cccc(C(=O)Nc3nc4ccccc4s3)c2C1. The molecule has 8 rings (SSSR count). The lowest BCUT2D eigenvalue weighted by atomic mass is 9.94. The van der Waals surface area contributed by atoms with Crippen LogP contribution >= 0.6 is 11.3 Å². The molecule has 2 aliphatic heterocycles. The van der Waals surface area contributed by atoms with Gasteiger partial charge in [-0.3, -0.25) is 15.0 Å². The Balaban J connectivity index is 1.13. The Morgan fingerprint density at radius 3 is 2.59 bits per heavy atom. The monoisotopic (exact) mass is 670 g/mol. The van der Waals surface area contributed by atoms with Gasteiger partial charge in [-0.15, -0.1) is 0 Å². The molecule has 0 spiro atoms. The summed E-state index contributed by atoms with van der Waals surface area (Å²) in [6.45, 7) is 5.03. The van der Waals surface area contributed by atoms with E-state index in [0.717, 1.165) is 65.2 Å². The lowest BCUT2D eigenvalue weighted by molar-refractivity contribution is 0.0726. The highest BCUT2D eigenvalue weighted by atomic mass is 32.1. The van der Waals surface area contributed by atoms with Crippen molar-refractivity contribution >= 4 is 44.4 Å². The second-order valence-corrected chi connectivity index (χ2v) is 13.3. The van der Waals surface area contributed by atoms with Crippen LogP contribution in [0.2, 0.25) is 0 Å². The molecule has 1 N–H and O–H groups in total. The van der Waals surface area contributed by atoms with E-state index >= 15 is 0 Å². The maximum absolute atomic E-state index is 13.8. The Hall–Kier alpha value is -5.46. The predicted molar refractivity (Wildman–Crippen MR) is 188 cm³/mol. The van der Waals surface area contributed by atoms with Gasteiger partial charge in [0.15, 0.2) is 10.9 Å². The van der Waals surface area contributed by atoms with E-state index in [4.69, 9.17) is 14.8 Å². The van der Waals surface area contributed by atoms with Gasteiger partial charge in [-0.25, -0.2) is 24.4 Å². The van der Waals surface area contributed by atoms with Crippen LogP contribution in [0.25, 0.3) is 10.2 Å². The van der Waals surface area contributed by atoms with Crippen molar-refractivity contribution in [2.75, 3.05) is 29.9 Å². The van der Waals surface area contributed by atoms with Crippen LogP contribution in [0, 0.1) is 6.92 Å². The molecule has 6 aromatic rings. The fourth-order valence-corrected chi connectivity index (χ4v) is 7.54. The molecule has 1 unspecified atom stereocenters. The smallest absolute Gasteiger partial charge is 0.362 e. The van der Waals surface area contributed by atoms with Crippen LogP contribution < -0.4 is 15.0 Å². The van der Waals surface area contributed by atoms with E-state index in [1.54, 1.807) is 30.6 Å². The van der Waals surface area contributed by atoms with Crippen LogP contribution in [-0.4, -0.2) is 61.1 Å². The third-order valence-corrected chi connectivity index (χ3v) is 10.1. The molecule has 0 bridgehead atoms. The first-order valence-corrected chi connectivity index (χ1v) is 17.2. The van der Waals surface area contributed by atoms with Crippen molar-refractivity contribution in [3.63, 3.8) is 0 Å². The number of nitrogens with one attached hydrogen (secondary N) is 1. The van der Waals surface area contributed by atoms with Crippen LogP contribution in [0.1, 0.15) is 62.4 Å². The third kappa shape index (κ3) is 6.16. The topological polar surface area (TPSA) is 118 Å². The molecule has 1 fully saturated rings. The summed E-state index contributed by atoms with van der Waals surface area (Å²) in [4.78, 5) is 45.3. The van der Waals surface area contributed by atoms with Gasteiger partial charge in [0.25, 0.3) is 5.91 Å². The van der Waals surface area contributed by atoms with Crippen molar-refractivity contribution in [3.8, 4) is 5.75 Å². The summed E-state index contributed by atoms with van der Waals surface area (Å²) in [5.74, 6) is 0.539. The average Bonchev–Trinajstić information content (AvgIpc) is 3.90. The molecule has 1 atom stereocenters. The Labute approximate surface area is 287 Å². The van der Waals surface area contributed by atoms with Gasteiger partial charge in [0.2, 0.25) is 0 Å². The average molecular weight is 671 g/mol. The van der Waals surface area contributed by atoms with Gasteiger partial charge in [0.1, 0.15) is 17.7 Å². The fourth-order valence-electron chi connectivity index (χ4n) is 6.68. The number of para-hydroxylation sites is 1. The molecule has 246 valence electrons. The van der Waals surface area contributed by atoms with E-state index < -0.39 is 12.1 Å². The van der Waals surface area contributed by atoms with Crippen molar-refractivity contribution in [2.24, 2.45) is 0 Å². The molecule has 0 saturated carbocycles. The summed E-state index contributed by atoms with van der Waals surface area (Å²) in [5.41, 5.74) is 5.27. The van der Waals surface area contributed by atoms with E-state index in [-0.39, 0.29) is 11.6 Å². The standard InChI is InChI=1S/C37H34N8O3S/c1-24-31(48-36(47)30-13-4-5-18-38-30)22-39-45(24)35(29-14-9-16-33(40-29)43-19-6-7-20-43)44-21-17-25-10-8-11-26(27(25)23-44)34(46)42-37-41-28-12-2-3-15-32(28)49-37/h2-5,8-16,18,22,35H,6-7,17,19-21,23H2,1H3,(H,41,42,46). The van der Waals surface area contributed by atoms with Crippen molar-refractivity contribution in [1.82, 2.24) is 29.6 Å². The Bertz CT molecular complexity index is 2120. The summed E-state index contributed by atoms with van der Waals surface area (Å²) in [5, 5.41) is 8.39. The van der Waals surface area contributed by atoms with Crippen molar-refractivity contribution in [1.29, 1.82) is 0 Å². The zero-order chi connectivity index (χ0) is 33.3. The van der Waals surface area contributed by atoms with Gasteiger partial charge in [-0.2, -0.15) is 5.10 Å². The number of esters is 1. The number of amides is 1. The number of pyridine rings is 2. The number of rotatable bonds is 8. The molecular formula is C37H34N8O3S. The summed E-state index contributed by atoms with van der Waals surface area (Å²) in [6, 6.07) is 25.0. The number of carbonyl (C=O) groups excluding carboxylic acids is 2. The summed E-state index contributed by atoms with van der Waals surface area (Å²) < 4.78 is 8.67. The van der Waals surface area contributed by atoms with Crippen molar-refractivity contribution < 1.29 is 14.3 Å². The Morgan fingerprint density at radius 1 is 0.918 bits per heavy atom. The minimum Gasteiger partial charge on any atom is -0.418 e. The van der Waals surface area contributed by atoms with E-state index in [0.29, 0.717) is 35.2 Å². The first kappa shape index (κ1) is 30.8. The molecule has 0 radical (unpaired) electrons. The number of anilines is 2. The number of fused-ring (bicyclic) bond motifs is 2. The van der Waals surface area contributed by atoms with Crippen molar-refractivity contribution in [2.45, 2.75) is 38.9 Å². The van der Waals surface area contributed by atoms with Crippen LogP contribution in [0.15, 0.2) is 91.3 Å². The van der Waals surface area contributed by atoms with Crippen LogP contribution in [0.5, 0.6) is 5.75 Å². The number of benzene rings is 2. The van der Waals surface area contributed by atoms with Crippen LogP contribution in [-0.2, 0) is 13.0 Å². The number of carbonyl (C=O) groups is 2. The molecule has 1 amide bonds. The van der Waals surface area contributed by atoms with Crippen LogP contribution in [0.4, 0.5) is 10.9 Å². The highest BCUT2D eigenvalue weighted by Gasteiger charge is 2.32. The minimum absolute atomic E-state index is 0.192. The molecule has 4 aromatic heterocycles. The molecule has 1 saturated heterocycles. The second kappa shape index (κ2) is 13.2. The van der Waals surface area contributed by atoms with E-state index in [2.05, 4.69) is 37.2 Å². The van der Waals surface area contributed by atoms with Gasteiger partial charge < -0.3 is 9.64 Å². The third-order valence-electron chi connectivity index (χ3n) is 9.17. The lowest BCUT2D eigenvalue weighted by Gasteiger charge is -2.36. The molecule has 2 aromatic carbocycles. The van der Waals surface area contributed by atoms with Gasteiger partial charge >= 0.3 is 5.97 Å². The minimum atomic E-state index is -0.551. The molecule has 12 heteroatoms. The maximum atomic E-state index is 13.8. The zero-order valence-corrected chi connectivity index (χ0v) is 27.8. The fraction of sp³-hybridized carbons (Fsp3) is 0.243. The number of hydrogen-bond donors (Lipinski definition) is 1. The summed E-state index contributed by atoms with van der Waals surface area (Å²) in [6.07, 6.45) is 5.72. The molecule has 6 heterocycles. The molecule has 11 nitrogen and oxygen atoms in total. The number of hydrogen-bond acceptors (Lipinski definition) is 10. The first-order valence-electron chi connectivity index (χ1n) is 16.4. The Morgan fingerprint density at radius 2 is 1.76 bits per heavy atom. The second-order valence-electron chi connectivity index (χ2n) is 12.2. The number of nitrogens with zero attached hydrogens (tertiary/aromatic N) is 7. The lowest BCUT2D eigenvalue weighted by Crippen LogP contribution is -2.40. The first-order chi connectivity index (χ1) is 24.0. The largest absolute Gasteiger partial charge is 0.418 e. The van der Waals surface area contributed by atoms with E-state index in [1.807, 2.05) is 60.1 Å². The van der Waals surface area contributed by atoms with Gasteiger partial charge in [0, 0.05) is 37.9 Å². The number of aromatic nitrogens is 5. The van der Waals surface area contributed by atoms with E-state index in [9.17, 15) is 9.59 Å². The summed E-state index contributed by atoms with van der Waals surface area (Å²) >= 11 is 1.46. The summed E-state index contributed by atoms with van der Waals surface area (Å²) in [7, 11) is 0. The Kier molecular flexibility index (Phi) is 8.32. The highest BCUT2D eigenvalue weighted by Crippen LogP contribution is 2.34. The van der Waals surface area contributed by atoms with Gasteiger partial charge in [-0.05, 0) is 79.8 Å². The normalized spacial score (nSPS) is 15.2. The molecule has 0 aliphatic carbocycles. The zero-order valence-electron chi connectivity index (χ0n) is 27.0. The van der Waals surface area contributed by atoms with Gasteiger partial charge in [0.05, 0.1) is 27.8 Å². The quantitative estimate of drug-likeness (QED) is 0.187. The number of ether oxygens (including phenoxy) is 1. The maximum Gasteiger partial charge on any atom is 0.362 e. The predicted octanol–water partition coefficient (Wildman–Crippen LogP) is 6.27. The molecular weight excluding hydrogens is 637 g/mol. The molecule has 49 heavy (non-hydrogen) atoms.